The Hall–Kier alpha value is -1.47. The van der Waals surface area contributed by atoms with Crippen LogP contribution in [0.3, 0.4) is 0 Å². The lowest BCUT2D eigenvalue weighted by molar-refractivity contribution is -0.127. The van der Waals surface area contributed by atoms with Gasteiger partial charge in [-0.15, -0.1) is 0 Å². The molecule has 1 rings (SSSR count). The van der Waals surface area contributed by atoms with Gasteiger partial charge in [-0.3, -0.25) is 14.4 Å². The minimum atomic E-state index is -0.0283. The van der Waals surface area contributed by atoms with Crippen molar-refractivity contribution in [3.63, 3.8) is 0 Å². The van der Waals surface area contributed by atoms with Crippen molar-refractivity contribution in [2.45, 2.75) is 58.9 Å². The summed E-state index contributed by atoms with van der Waals surface area (Å²) in [5.41, 5.74) is 0. The van der Waals surface area contributed by atoms with Crippen molar-refractivity contribution in [2.24, 2.45) is 11.8 Å². The van der Waals surface area contributed by atoms with Crippen molar-refractivity contribution in [3.05, 3.63) is 0 Å². The molecule has 0 atom stereocenters. The molecule has 1 aliphatic carbocycles. The van der Waals surface area contributed by atoms with Gasteiger partial charge in [-0.2, -0.15) is 0 Å². The Morgan fingerprint density at radius 1 is 1.04 bits per heavy atom. The molecule has 0 saturated heterocycles. The van der Waals surface area contributed by atoms with E-state index in [2.05, 4.69) is 10.6 Å². The van der Waals surface area contributed by atoms with Crippen LogP contribution in [0, 0.1) is 11.8 Å². The molecule has 0 aliphatic heterocycles. The van der Waals surface area contributed by atoms with Crippen LogP contribution in [0.2, 0.25) is 0 Å². The van der Waals surface area contributed by atoms with E-state index in [1.54, 1.807) is 0 Å². The first-order chi connectivity index (χ1) is 12.4. The van der Waals surface area contributed by atoms with Crippen LogP contribution in [0.15, 0.2) is 0 Å². The van der Waals surface area contributed by atoms with Crippen LogP contribution in [0.4, 0.5) is 0 Å². The Labute approximate surface area is 156 Å². The Kier molecular flexibility index (Phi) is 11.1. The second kappa shape index (κ2) is 12.8. The monoisotopic (exact) mass is 370 g/mol. The first-order valence-electron chi connectivity index (χ1n) is 9.69. The molecule has 0 unspecified atom stereocenters. The van der Waals surface area contributed by atoms with Crippen molar-refractivity contribution in [2.75, 3.05) is 33.0 Å². The molecule has 1 saturated carbocycles. The number of hydrogen-bond donors (Lipinski definition) is 2. The van der Waals surface area contributed by atoms with E-state index in [1.165, 1.54) is 0 Å². The second-order valence-corrected chi connectivity index (χ2v) is 7.03. The van der Waals surface area contributed by atoms with Gasteiger partial charge in [0.25, 0.3) is 0 Å². The number of carbonyl (C=O) groups excluding carboxylic acids is 3. The molecule has 0 aromatic carbocycles. The maximum absolute atomic E-state index is 12.2. The summed E-state index contributed by atoms with van der Waals surface area (Å²) in [5.74, 6) is 0.0746. The summed E-state index contributed by atoms with van der Waals surface area (Å²) in [4.78, 5) is 35.4. The Bertz CT molecular complexity index is 445. The van der Waals surface area contributed by atoms with E-state index in [4.69, 9.17) is 9.47 Å². The van der Waals surface area contributed by atoms with E-state index < -0.39 is 0 Å². The van der Waals surface area contributed by atoms with Gasteiger partial charge in [-0.1, -0.05) is 13.8 Å². The Balaban J connectivity index is 2.11. The predicted molar refractivity (Wildman–Crippen MR) is 98.7 cm³/mol. The summed E-state index contributed by atoms with van der Waals surface area (Å²) in [6.07, 6.45) is 3.56. The Morgan fingerprint density at radius 2 is 1.73 bits per heavy atom. The van der Waals surface area contributed by atoms with Gasteiger partial charge >= 0.3 is 0 Å². The topological polar surface area (TPSA) is 93.7 Å². The van der Waals surface area contributed by atoms with Crippen molar-refractivity contribution in [3.8, 4) is 0 Å². The molecule has 2 amide bonds. The number of ketones is 1. The van der Waals surface area contributed by atoms with Gasteiger partial charge < -0.3 is 20.1 Å². The average molecular weight is 370 g/mol. The maximum atomic E-state index is 12.2. The SMILES string of the molecule is CCOCCC(=O)NC1CCC(C(=O)NCCOCC(=O)C(C)C)CC1. The molecule has 2 N–H and O–H groups in total. The molecular formula is C19H34N2O5. The molecule has 1 aliphatic rings. The zero-order chi connectivity index (χ0) is 19.4. The molecule has 0 aromatic heterocycles. The molecule has 0 bridgehead atoms. The van der Waals surface area contributed by atoms with Gasteiger partial charge in [0, 0.05) is 37.5 Å². The number of carbonyl (C=O) groups is 3. The fraction of sp³-hybridized carbons (Fsp3) is 0.842. The van der Waals surface area contributed by atoms with E-state index in [-0.39, 0.29) is 42.1 Å². The maximum Gasteiger partial charge on any atom is 0.223 e. The lowest BCUT2D eigenvalue weighted by Crippen LogP contribution is -2.41. The van der Waals surface area contributed by atoms with E-state index in [0.29, 0.717) is 32.8 Å². The number of rotatable bonds is 12. The van der Waals surface area contributed by atoms with Gasteiger partial charge in [0.1, 0.15) is 6.61 Å². The van der Waals surface area contributed by atoms with Crippen molar-refractivity contribution >= 4 is 17.6 Å². The van der Waals surface area contributed by atoms with Gasteiger partial charge in [-0.25, -0.2) is 0 Å². The molecule has 0 aromatic rings. The van der Waals surface area contributed by atoms with E-state index in [1.807, 2.05) is 20.8 Å². The molecule has 150 valence electrons. The molecule has 0 heterocycles. The van der Waals surface area contributed by atoms with Gasteiger partial charge in [0.05, 0.1) is 13.2 Å². The third-order valence-corrected chi connectivity index (χ3v) is 4.57. The number of Topliss-reactive ketones (excluding diaryl/α,β-unsaturated/α-hetero) is 1. The lowest BCUT2D eigenvalue weighted by atomic mass is 9.85. The smallest absolute Gasteiger partial charge is 0.223 e. The molecule has 0 spiro atoms. The fourth-order valence-electron chi connectivity index (χ4n) is 2.84. The van der Waals surface area contributed by atoms with Crippen molar-refractivity contribution in [1.82, 2.24) is 10.6 Å². The summed E-state index contributed by atoms with van der Waals surface area (Å²) >= 11 is 0. The van der Waals surface area contributed by atoms with Crippen LogP contribution in [0.25, 0.3) is 0 Å². The summed E-state index contributed by atoms with van der Waals surface area (Å²) in [7, 11) is 0. The lowest BCUT2D eigenvalue weighted by Gasteiger charge is -2.28. The van der Waals surface area contributed by atoms with E-state index >= 15 is 0 Å². The first kappa shape index (κ1) is 22.6. The van der Waals surface area contributed by atoms with E-state index in [9.17, 15) is 14.4 Å². The van der Waals surface area contributed by atoms with Gasteiger partial charge in [0.15, 0.2) is 5.78 Å². The standard InChI is InChI=1S/C19H34N2O5/c1-4-25-11-9-18(23)21-16-7-5-15(6-8-16)19(24)20-10-12-26-13-17(22)14(2)3/h14-16H,4-13H2,1-3H3,(H,20,24)(H,21,23). The average Bonchev–Trinajstić information content (AvgIpc) is 2.61. The summed E-state index contributed by atoms with van der Waals surface area (Å²) in [5, 5.41) is 5.88. The zero-order valence-corrected chi connectivity index (χ0v) is 16.3. The largest absolute Gasteiger partial charge is 0.381 e. The van der Waals surface area contributed by atoms with Crippen LogP contribution >= 0.6 is 0 Å². The molecule has 7 nitrogen and oxygen atoms in total. The van der Waals surface area contributed by atoms with Crippen LogP contribution in [0.1, 0.15) is 52.9 Å². The zero-order valence-electron chi connectivity index (χ0n) is 16.3. The molecular weight excluding hydrogens is 336 g/mol. The van der Waals surface area contributed by atoms with Crippen LogP contribution < -0.4 is 10.6 Å². The van der Waals surface area contributed by atoms with Crippen LogP contribution in [-0.2, 0) is 23.9 Å². The molecule has 26 heavy (non-hydrogen) atoms. The summed E-state index contributed by atoms with van der Waals surface area (Å²) in [6.45, 7) is 7.50. The third kappa shape index (κ3) is 9.29. The van der Waals surface area contributed by atoms with E-state index in [0.717, 1.165) is 25.7 Å². The van der Waals surface area contributed by atoms with Crippen molar-refractivity contribution < 1.29 is 23.9 Å². The highest BCUT2D eigenvalue weighted by Gasteiger charge is 2.26. The highest BCUT2D eigenvalue weighted by molar-refractivity contribution is 5.81. The molecule has 0 radical (unpaired) electrons. The quantitative estimate of drug-likeness (QED) is 0.507. The highest BCUT2D eigenvalue weighted by atomic mass is 16.5. The minimum Gasteiger partial charge on any atom is -0.381 e. The van der Waals surface area contributed by atoms with Crippen LogP contribution in [0.5, 0.6) is 0 Å². The number of nitrogens with one attached hydrogen (secondary N) is 2. The summed E-state index contributed by atoms with van der Waals surface area (Å²) < 4.78 is 10.5. The normalized spacial score (nSPS) is 20.0. The minimum absolute atomic E-state index is 0.0103. The third-order valence-electron chi connectivity index (χ3n) is 4.57. The number of hydrogen-bond acceptors (Lipinski definition) is 5. The molecule has 1 fully saturated rings. The number of ether oxygens (including phenoxy) is 2. The second-order valence-electron chi connectivity index (χ2n) is 7.03. The highest BCUT2D eigenvalue weighted by Crippen LogP contribution is 2.24. The Morgan fingerprint density at radius 3 is 2.35 bits per heavy atom. The van der Waals surface area contributed by atoms with Crippen molar-refractivity contribution in [1.29, 1.82) is 0 Å². The molecule has 7 heteroatoms. The first-order valence-corrected chi connectivity index (χ1v) is 9.69. The van der Waals surface area contributed by atoms with Crippen LogP contribution in [-0.4, -0.2) is 56.6 Å². The van der Waals surface area contributed by atoms with Gasteiger partial charge in [0.2, 0.25) is 11.8 Å². The van der Waals surface area contributed by atoms with Gasteiger partial charge in [-0.05, 0) is 32.6 Å². The predicted octanol–water partition coefficient (Wildman–Crippen LogP) is 1.45. The fourth-order valence-corrected chi connectivity index (χ4v) is 2.84. The number of amides is 2. The summed E-state index contributed by atoms with van der Waals surface area (Å²) in [6, 6.07) is 0.151.